The van der Waals surface area contributed by atoms with Gasteiger partial charge in [-0.05, 0) is 43.4 Å². The summed E-state index contributed by atoms with van der Waals surface area (Å²) >= 11 is 0. The van der Waals surface area contributed by atoms with Gasteiger partial charge in [0.2, 0.25) is 0 Å². The molecule has 0 unspecified atom stereocenters. The van der Waals surface area contributed by atoms with Crippen LogP contribution >= 0.6 is 0 Å². The number of nitrogens with zero attached hydrogens (tertiary/aromatic N) is 2. The number of urea groups is 1. The quantitative estimate of drug-likeness (QED) is 0.748. The number of carbonyl (C=O) groups excluding carboxylic acids is 3. The average molecular weight is 406 g/mol. The molecule has 156 valence electrons. The lowest BCUT2D eigenvalue weighted by Gasteiger charge is -2.36. The fourth-order valence-electron chi connectivity index (χ4n) is 4.35. The van der Waals surface area contributed by atoms with Crippen molar-refractivity contribution in [2.75, 3.05) is 11.4 Å². The number of amides is 4. The van der Waals surface area contributed by atoms with Crippen LogP contribution in [0.2, 0.25) is 0 Å². The molecule has 2 heterocycles. The van der Waals surface area contributed by atoms with Gasteiger partial charge in [0, 0.05) is 11.7 Å². The second-order valence-electron chi connectivity index (χ2n) is 7.87. The fraction of sp³-hybridized carbons (Fsp3) is 0.348. The summed E-state index contributed by atoms with van der Waals surface area (Å²) in [6.07, 6.45) is 2.30. The lowest BCUT2D eigenvalue weighted by atomic mass is 9.87. The van der Waals surface area contributed by atoms with Crippen molar-refractivity contribution in [3.05, 3.63) is 65.7 Å². The lowest BCUT2D eigenvalue weighted by Crippen LogP contribution is -2.52. The minimum atomic E-state index is -1.17. The van der Waals surface area contributed by atoms with Crippen LogP contribution in [-0.2, 0) is 21.5 Å². The van der Waals surface area contributed by atoms with E-state index in [0.29, 0.717) is 12.0 Å². The SMILES string of the molecule is CC[C@@]1(c2ccccc2)NC(=O)N(NC(=O)CN2c3ccccc3CC[C@@H]2C)C1=O. The van der Waals surface area contributed by atoms with Gasteiger partial charge < -0.3 is 10.2 Å². The van der Waals surface area contributed by atoms with E-state index in [2.05, 4.69) is 23.7 Å². The number of nitrogens with one attached hydrogen (secondary N) is 2. The first-order chi connectivity index (χ1) is 14.5. The van der Waals surface area contributed by atoms with E-state index in [1.807, 2.05) is 48.2 Å². The highest BCUT2D eigenvalue weighted by atomic mass is 16.2. The van der Waals surface area contributed by atoms with Crippen molar-refractivity contribution in [2.45, 2.75) is 44.7 Å². The summed E-state index contributed by atoms with van der Waals surface area (Å²) in [4.78, 5) is 40.6. The number of rotatable bonds is 5. The first-order valence-corrected chi connectivity index (χ1v) is 10.3. The van der Waals surface area contributed by atoms with Crippen molar-refractivity contribution in [3.8, 4) is 0 Å². The third-order valence-electron chi connectivity index (χ3n) is 6.10. The first-order valence-electron chi connectivity index (χ1n) is 10.3. The van der Waals surface area contributed by atoms with E-state index >= 15 is 0 Å². The maximum absolute atomic E-state index is 13.2. The zero-order chi connectivity index (χ0) is 21.3. The molecule has 7 heteroatoms. The normalized spacial score (nSPS) is 23.2. The number of benzene rings is 2. The Morgan fingerprint density at radius 1 is 1.13 bits per heavy atom. The number of imide groups is 1. The second-order valence-corrected chi connectivity index (χ2v) is 7.87. The average Bonchev–Trinajstić information content (AvgIpc) is 3.01. The summed E-state index contributed by atoms with van der Waals surface area (Å²) in [6, 6.07) is 16.7. The molecule has 1 saturated heterocycles. The van der Waals surface area contributed by atoms with E-state index in [0.717, 1.165) is 23.5 Å². The van der Waals surface area contributed by atoms with Crippen molar-refractivity contribution >= 4 is 23.5 Å². The highest BCUT2D eigenvalue weighted by Gasteiger charge is 2.52. The molecule has 0 saturated carbocycles. The summed E-state index contributed by atoms with van der Waals surface area (Å²) in [5.74, 6) is -0.872. The number of hydrazine groups is 1. The van der Waals surface area contributed by atoms with Gasteiger partial charge in [-0.1, -0.05) is 55.5 Å². The van der Waals surface area contributed by atoms with Gasteiger partial charge in [-0.15, -0.1) is 0 Å². The number of hydrogen-bond donors (Lipinski definition) is 2. The molecule has 2 aliphatic heterocycles. The number of fused-ring (bicyclic) bond motifs is 1. The Labute approximate surface area is 176 Å². The molecule has 0 radical (unpaired) electrons. The maximum Gasteiger partial charge on any atom is 0.344 e. The predicted molar refractivity (Wildman–Crippen MR) is 114 cm³/mol. The number of aryl methyl sites for hydroxylation is 1. The molecular weight excluding hydrogens is 380 g/mol. The smallest absolute Gasteiger partial charge is 0.344 e. The van der Waals surface area contributed by atoms with Crippen LogP contribution in [0.3, 0.4) is 0 Å². The van der Waals surface area contributed by atoms with Gasteiger partial charge in [0.15, 0.2) is 0 Å². The number of carbonyl (C=O) groups is 3. The molecule has 2 atom stereocenters. The topological polar surface area (TPSA) is 81.8 Å². The third kappa shape index (κ3) is 3.30. The summed E-state index contributed by atoms with van der Waals surface area (Å²) in [5.41, 5.74) is 4.28. The molecule has 7 nitrogen and oxygen atoms in total. The molecule has 0 bridgehead atoms. The molecule has 2 aromatic rings. The van der Waals surface area contributed by atoms with Crippen LogP contribution in [0, 0.1) is 0 Å². The number of hydrogen-bond acceptors (Lipinski definition) is 4. The van der Waals surface area contributed by atoms with Crippen LogP contribution in [0.15, 0.2) is 54.6 Å². The van der Waals surface area contributed by atoms with Crippen LogP contribution in [-0.4, -0.2) is 35.4 Å². The Morgan fingerprint density at radius 3 is 2.57 bits per heavy atom. The van der Waals surface area contributed by atoms with E-state index in [1.54, 1.807) is 12.1 Å². The summed E-state index contributed by atoms with van der Waals surface area (Å²) in [6.45, 7) is 3.98. The van der Waals surface area contributed by atoms with Gasteiger partial charge in [0.05, 0.1) is 6.54 Å². The highest BCUT2D eigenvalue weighted by Crippen LogP contribution is 2.32. The van der Waals surface area contributed by atoms with E-state index in [9.17, 15) is 14.4 Å². The third-order valence-corrected chi connectivity index (χ3v) is 6.10. The van der Waals surface area contributed by atoms with Gasteiger partial charge in [0.25, 0.3) is 11.8 Å². The van der Waals surface area contributed by atoms with Crippen LogP contribution in [0.4, 0.5) is 10.5 Å². The first kappa shape index (κ1) is 19.9. The van der Waals surface area contributed by atoms with Crippen molar-refractivity contribution in [1.82, 2.24) is 15.8 Å². The molecule has 2 aromatic carbocycles. The molecule has 0 aliphatic carbocycles. The Hall–Kier alpha value is -3.35. The van der Waals surface area contributed by atoms with E-state index < -0.39 is 23.4 Å². The Morgan fingerprint density at radius 2 is 1.83 bits per heavy atom. The van der Waals surface area contributed by atoms with Crippen LogP contribution in [0.25, 0.3) is 0 Å². The minimum Gasteiger partial charge on any atom is -0.359 e. The van der Waals surface area contributed by atoms with Crippen molar-refractivity contribution in [1.29, 1.82) is 0 Å². The summed E-state index contributed by atoms with van der Waals surface area (Å²) in [7, 11) is 0. The zero-order valence-electron chi connectivity index (χ0n) is 17.2. The van der Waals surface area contributed by atoms with Crippen LogP contribution in [0.1, 0.15) is 37.8 Å². The molecule has 30 heavy (non-hydrogen) atoms. The molecule has 2 aliphatic rings. The molecule has 0 aromatic heterocycles. The summed E-state index contributed by atoms with van der Waals surface area (Å²) in [5, 5.41) is 3.59. The van der Waals surface area contributed by atoms with E-state index in [1.165, 1.54) is 5.56 Å². The van der Waals surface area contributed by atoms with Crippen molar-refractivity contribution < 1.29 is 14.4 Å². The van der Waals surface area contributed by atoms with E-state index in [4.69, 9.17) is 0 Å². The second kappa shape index (κ2) is 7.82. The monoisotopic (exact) mass is 406 g/mol. The lowest BCUT2D eigenvalue weighted by molar-refractivity contribution is -0.139. The van der Waals surface area contributed by atoms with Gasteiger partial charge in [-0.25, -0.2) is 4.79 Å². The van der Waals surface area contributed by atoms with Gasteiger partial charge in [-0.2, -0.15) is 5.01 Å². The largest absolute Gasteiger partial charge is 0.359 e. The van der Waals surface area contributed by atoms with Crippen molar-refractivity contribution in [3.63, 3.8) is 0 Å². The van der Waals surface area contributed by atoms with Gasteiger partial charge >= 0.3 is 6.03 Å². The molecule has 0 spiro atoms. The molecule has 2 N–H and O–H groups in total. The molecular formula is C23H26N4O3. The molecule has 1 fully saturated rings. The predicted octanol–water partition coefficient (Wildman–Crippen LogP) is 2.72. The van der Waals surface area contributed by atoms with Crippen LogP contribution < -0.4 is 15.6 Å². The maximum atomic E-state index is 13.2. The Balaban J connectivity index is 1.51. The molecule has 4 rings (SSSR count). The zero-order valence-corrected chi connectivity index (χ0v) is 17.2. The van der Waals surface area contributed by atoms with E-state index in [-0.39, 0.29) is 12.6 Å². The minimum absolute atomic E-state index is 0.0691. The highest BCUT2D eigenvalue weighted by molar-refractivity contribution is 6.08. The van der Waals surface area contributed by atoms with Gasteiger partial charge in [-0.3, -0.25) is 15.0 Å². The van der Waals surface area contributed by atoms with Gasteiger partial charge in [0.1, 0.15) is 5.54 Å². The number of para-hydroxylation sites is 1. The number of anilines is 1. The van der Waals surface area contributed by atoms with Crippen LogP contribution in [0.5, 0.6) is 0 Å². The van der Waals surface area contributed by atoms with Crippen molar-refractivity contribution in [2.24, 2.45) is 0 Å². The fourth-order valence-corrected chi connectivity index (χ4v) is 4.35. The standard InChI is InChI=1S/C23H26N4O3/c1-3-23(18-10-5-4-6-11-18)21(29)27(22(30)24-23)25-20(28)15-26-16(2)13-14-17-9-7-8-12-19(17)26/h4-12,16H,3,13-15H2,1-2H3,(H,24,30)(H,25,28)/t16-,23-/m0/s1. The Bertz CT molecular complexity index is 977. The molecule has 4 amide bonds. The summed E-state index contributed by atoms with van der Waals surface area (Å²) < 4.78 is 0. The Kier molecular flexibility index (Phi) is 5.20.